The molecule has 5 rings (SSSR count). The van der Waals surface area contributed by atoms with Gasteiger partial charge in [-0.05, 0) is 60.7 Å². The van der Waals surface area contributed by atoms with Gasteiger partial charge in [0.2, 0.25) is 0 Å². The molecule has 4 heterocycles. The second-order valence-corrected chi connectivity index (χ2v) is 13.7. The summed E-state index contributed by atoms with van der Waals surface area (Å²) >= 11 is 0. The summed E-state index contributed by atoms with van der Waals surface area (Å²) in [6.07, 6.45) is 11.4. The lowest BCUT2D eigenvalue weighted by Crippen LogP contribution is -2.44. The molecule has 2 aromatic heterocycles. The van der Waals surface area contributed by atoms with Crippen molar-refractivity contribution in [1.29, 1.82) is 0 Å². The Morgan fingerprint density at radius 2 is 1.62 bits per heavy atom. The molecule has 1 spiro atoms. The van der Waals surface area contributed by atoms with E-state index in [1.54, 1.807) is 12.4 Å². The first-order chi connectivity index (χ1) is 20.2. The number of nitrogens with one attached hydrogen (secondary N) is 2. The van der Waals surface area contributed by atoms with Crippen molar-refractivity contribution in [2.45, 2.75) is 85.6 Å². The van der Waals surface area contributed by atoms with Crippen LogP contribution in [0.4, 0.5) is 0 Å². The minimum Gasteiger partial charge on any atom is -0.465 e. The van der Waals surface area contributed by atoms with Crippen molar-refractivity contribution in [3.63, 3.8) is 0 Å². The number of carbonyl (C=O) groups is 1. The smallest absolute Gasteiger partial charge is 0.323 e. The van der Waals surface area contributed by atoms with Crippen LogP contribution in [0.3, 0.4) is 0 Å². The van der Waals surface area contributed by atoms with E-state index in [1.165, 1.54) is 11.1 Å². The van der Waals surface area contributed by atoms with E-state index in [-0.39, 0.29) is 17.4 Å². The first-order valence-corrected chi connectivity index (χ1v) is 15.6. The van der Waals surface area contributed by atoms with E-state index in [4.69, 9.17) is 4.74 Å². The molecule has 3 aromatic rings. The number of likely N-dealkylation sites (tertiary alicyclic amines) is 2. The monoisotopic (exact) mass is 575 g/mol. The number of nitrogens with zero attached hydrogens (tertiary/aromatic N) is 5. The molecule has 1 aromatic carbocycles. The minimum atomic E-state index is -0.164. The normalized spacial score (nSPS) is 19.6. The Morgan fingerprint density at radius 3 is 2.17 bits per heavy atom. The second kappa shape index (κ2) is 13.5. The van der Waals surface area contributed by atoms with Crippen molar-refractivity contribution in [3.8, 4) is 0 Å². The first kappa shape index (κ1) is 30.4. The van der Waals surface area contributed by atoms with E-state index in [1.807, 2.05) is 12.4 Å². The third-order valence-corrected chi connectivity index (χ3v) is 8.61. The highest BCUT2D eigenvalue weighted by atomic mass is 16.5. The van der Waals surface area contributed by atoms with Gasteiger partial charge >= 0.3 is 5.97 Å². The van der Waals surface area contributed by atoms with E-state index in [0.717, 1.165) is 76.6 Å². The number of rotatable bonds is 12. The van der Waals surface area contributed by atoms with Gasteiger partial charge in [-0.15, -0.1) is 0 Å². The molecule has 42 heavy (non-hydrogen) atoms. The van der Waals surface area contributed by atoms with Gasteiger partial charge in [-0.3, -0.25) is 14.6 Å². The number of hydrogen-bond acceptors (Lipinski definition) is 7. The van der Waals surface area contributed by atoms with Crippen molar-refractivity contribution in [2.24, 2.45) is 10.8 Å². The molecule has 2 saturated heterocycles. The van der Waals surface area contributed by atoms with E-state index < -0.39 is 0 Å². The SMILES string of the molecule is CCCOC(=O)[C@@H]1CC2(CCN(CC(C)(C)C)CC2)CN1Cc1ccc(CN(Cc2ncc[nH]2)Cc2ncc[nH]2)cc1. The summed E-state index contributed by atoms with van der Waals surface area (Å²) in [6.45, 7) is 16.8. The number of H-pyrrole nitrogens is 2. The molecule has 228 valence electrons. The van der Waals surface area contributed by atoms with Crippen LogP contribution in [-0.4, -0.2) is 79.4 Å². The Labute approximate surface area is 251 Å². The third kappa shape index (κ3) is 8.30. The number of carbonyl (C=O) groups excluding carboxylic acids is 1. The molecule has 2 aliphatic heterocycles. The van der Waals surface area contributed by atoms with Gasteiger partial charge < -0.3 is 19.6 Å². The maximum absolute atomic E-state index is 13.2. The van der Waals surface area contributed by atoms with Gasteiger partial charge in [-0.1, -0.05) is 52.0 Å². The molecule has 2 N–H and O–H groups in total. The van der Waals surface area contributed by atoms with Gasteiger partial charge in [-0.25, -0.2) is 9.97 Å². The highest BCUT2D eigenvalue weighted by Crippen LogP contribution is 2.44. The predicted octanol–water partition coefficient (Wildman–Crippen LogP) is 4.99. The van der Waals surface area contributed by atoms with Crippen LogP contribution in [0.1, 0.15) is 76.2 Å². The lowest BCUT2D eigenvalue weighted by Gasteiger charge is -2.41. The molecule has 0 saturated carbocycles. The fraction of sp³-hybridized carbons (Fsp3) is 0.606. The number of aromatic amines is 2. The van der Waals surface area contributed by atoms with Crippen LogP contribution in [-0.2, 0) is 35.7 Å². The zero-order chi connectivity index (χ0) is 29.6. The Morgan fingerprint density at radius 1 is 1.00 bits per heavy atom. The molecule has 0 radical (unpaired) electrons. The molecule has 0 unspecified atom stereocenters. The largest absolute Gasteiger partial charge is 0.465 e. The summed E-state index contributed by atoms with van der Waals surface area (Å²) < 4.78 is 5.70. The van der Waals surface area contributed by atoms with Crippen LogP contribution in [0.2, 0.25) is 0 Å². The molecular formula is C33H49N7O2. The summed E-state index contributed by atoms with van der Waals surface area (Å²) in [5, 5.41) is 0. The van der Waals surface area contributed by atoms with Crippen molar-refractivity contribution in [1.82, 2.24) is 34.6 Å². The van der Waals surface area contributed by atoms with Crippen molar-refractivity contribution in [2.75, 3.05) is 32.8 Å². The first-order valence-electron chi connectivity index (χ1n) is 15.6. The Bertz CT molecular complexity index is 1190. The Kier molecular flexibility index (Phi) is 9.81. The highest BCUT2D eigenvalue weighted by Gasteiger charge is 2.48. The van der Waals surface area contributed by atoms with Crippen LogP contribution >= 0.6 is 0 Å². The zero-order valence-corrected chi connectivity index (χ0v) is 25.9. The number of piperidine rings is 1. The minimum absolute atomic E-state index is 0.0473. The van der Waals surface area contributed by atoms with E-state index >= 15 is 0 Å². The lowest BCUT2D eigenvalue weighted by atomic mass is 9.76. The van der Waals surface area contributed by atoms with Gasteiger partial charge in [-0.2, -0.15) is 0 Å². The van der Waals surface area contributed by atoms with Crippen LogP contribution < -0.4 is 0 Å². The molecule has 9 heteroatoms. The van der Waals surface area contributed by atoms with Gasteiger partial charge in [0.25, 0.3) is 0 Å². The number of aromatic nitrogens is 4. The topological polar surface area (TPSA) is 93.4 Å². The maximum Gasteiger partial charge on any atom is 0.323 e. The summed E-state index contributed by atoms with van der Waals surface area (Å²) in [5.74, 6) is 1.83. The van der Waals surface area contributed by atoms with Crippen LogP contribution in [0.15, 0.2) is 49.1 Å². The van der Waals surface area contributed by atoms with Crippen LogP contribution in [0.5, 0.6) is 0 Å². The van der Waals surface area contributed by atoms with Crippen LogP contribution in [0.25, 0.3) is 0 Å². The second-order valence-electron chi connectivity index (χ2n) is 13.7. The molecule has 2 fully saturated rings. The number of ether oxygens (including phenoxy) is 1. The highest BCUT2D eigenvalue weighted by molar-refractivity contribution is 5.76. The average molecular weight is 576 g/mol. The maximum atomic E-state index is 13.2. The zero-order valence-electron chi connectivity index (χ0n) is 25.9. The van der Waals surface area contributed by atoms with Crippen LogP contribution in [0, 0.1) is 10.8 Å². The summed E-state index contributed by atoms with van der Waals surface area (Å²) in [5.41, 5.74) is 2.97. The Hall–Kier alpha value is -3.01. The fourth-order valence-electron chi connectivity index (χ4n) is 6.66. The molecule has 0 amide bonds. The fourth-order valence-corrected chi connectivity index (χ4v) is 6.66. The van der Waals surface area contributed by atoms with Crippen molar-refractivity contribution >= 4 is 5.97 Å². The van der Waals surface area contributed by atoms with Crippen molar-refractivity contribution < 1.29 is 9.53 Å². The number of hydrogen-bond donors (Lipinski definition) is 2. The van der Waals surface area contributed by atoms with Crippen molar-refractivity contribution in [3.05, 3.63) is 71.8 Å². The average Bonchev–Trinajstić information content (AvgIpc) is 3.72. The van der Waals surface area contributed by atoms with E-state index in [9.17, 15) is 4.79 Å². The molecule has 1 atom stereocenters. The third-order valence-electron chi connectivity index (χ3n) is 8.61. The van der Waals surface area contributed by atoms with E-state index in [0.29, 0.717) is 25.1 Å². The van der Waals surface area contributed by atoms with Gasteiger partial charge in [0.1, 0.15) is 17.7 Å². The molecule has 0 bridgehead atoms. The standard InChI is InChI=1S/C33H49N7O2/c1-5-18-42-31(41)28-19-33(10-16-38(17-11-33)24-32(2,3)4)25-40(28)21-27-8-6-26(7-9-27)20-39(22-29-34-12-13-35-29)23-30-36-14-15-37-30/h6-9,12-15,28H,5,10-11,16-25H2,1-4H3,(H,34,35)(H,36,37)/t28-/m0/s1. The summed E-state index contributed by atoms with van der Waals surface area (Å²) in [4.78, 5) is 35.8. The number of imidazole rings is 2. The number of benzene rings is 1. The Balaban J connectivity index is 1.24. The van der Waals surface area contributed by atoms with Gasteiger partial charge in [0.05, 0.1) is 19.7 Å². The molecule has 9 nitrogen and oxygen atoms in total. The lowest BCUT2D eigenvalue weighted by molar-refractivity contribution is -0.149. The predicted molar refractivity (Wildman–Crippen MR) is 164 cm³/mol. The number of esters is 1. The summed E-state index contributed by atoms with van der Waals surface area (Å²) in [6, 6.07) is 8.71. The van der Waals surface area contributed by atoms with Gasteiger partial charge in [0.15, 0.2) is 0 Å². The molecular weight excluding hydrogens is 526 g/mol. The molecule has 2 aliphatic rings. The van der Waals surface area contributed by atoms with Gasteiger partial charge in [0, 0.05) is 51.0 Å². The molecule has 0 aliphatic carbocycles. The summed E-state index contributed by atoms with van der Waals surface area (Å²) in [7, 11) is 0. The quantitative estimate of drug-likeness (QED) is 0.294. The van der Waals surface area contributed by atoms with E-state index in [2.05, 4.69) is 86.6 Å².